The van der Waals surface area contributed by atoms with Gasteiger partial charge in [0.1, 0.15) is 11.2 Å². The van der Waals surface area contributed by atoms with Crippen molar-refractivity contribution in [1.82, 2.24) is 14.8 Å². The predicted octanol–water partition coefficient (Wildman–Crippen LogP) is 2.82. The largest absolute Gasteiger partial charge is 0.453 e. The van der Waals surface area contributed by atoms with E-state index in [9.17, 15) is 25.5 Å². The van der Waals surface area contributed by atoms with E-state index in [4.69, 9.17) is 0 Å². The van der Waals surface area contributed by atoms with Crippen LogP contribution >= 0.6 is 0 Å². The molecule has 0 aliphatic heterocycles. The summed E-state index contributed by atoms with van der Waals surface area (Å²) in [4.78, 5) is 2.54. The number of aryl methyl sites for hydroxylation is 2. The number of halogens is 4. The van der Waals surface area contributed by atoms with Gasteiger partial charge in [0.25, 0.3) is 5.82 Å². The van der Waals surface area contributed by atoms with Gasteiger partial charge >= 0.3 is 16.4 Å². The molecule has 0 radical (unpaired) electrons. The Labute approximate surface area is 123 Å². The minimum Gasteiger partial charge on any atom is -0.220 e. The molecule has 120 valence electrons. The van der Waals surface area contributed by atoms with E-state index in [0.717, 1.165) is 17.1 Å². The maximum atomic E-state index is 13.3. The SMILES string of the molecule is CCc1cc(C)c(-n2cnc(C(F)(F)F)n2)cc1S(=O)(=O)F. The topological polar surface area (TPSA) is 64.8 Å². The monoisotopic (exact) mass is 337 g/mol. The van der Waals surface area contributed by atoms with Crippen LogP contribution in [-0.2, 0) is 22.8 Å². The van der Waals surface area contributed by atoms with E-state index in [1.807, 2.05) is 0 Å². The number of rotatable bonds is 3. The molecule has 0 atom stereocenters. The summed E-state index contributed by atoms with van der Waals surface area (Å²) in [5.41, 5.74) is 0.694. The molecule has 1 aromatic carbocycles. The van der Waals surface area contributed by atoms with Gasteiger partial charge in [0, 0.05) is 0 Å². The fourth-order valence-corrected chi connectivity index (χ4v) is 2.77. The summed E-state index contributed by atoms with van der Waals surface area (Å²) in [7, 11) is -5.00. The van der Waals surface area contributed by atoms with Crippen LogP contribution in [0.5, 0.6) is 0 Å². The Morgan fingerprint density at radius 3 is 2.36 bits per heavy atom. The number of benzene rings is 1. The number of hydrogen-bond donors (Lipinski definition) is 0. The van der Waals surface area contributed by atoms with Crippen molar-refractivity contribution in [3.05, 3.63) is 35.4 Å². The Balaban J connectivity index is 2.64. The second-order valence-corrected chi connectivity index (χ2v) is 5.86. The third kappa shape index (κ3) is 3.11. The zero-order valence-electron chi connectivity index (χ0n) is 11.5. The van der Waals surface area contributed by atoms with Crippen LogP contribution in [0.3, 0.4) is 0 Å². The molecule has 0 saturated heterocycles. The minimum atomic E-state index is -5.00. The quantitative estimate of drug-likeness (QED) is 0.638. The molecule has 0 saturated carbocycles. The minimum absolute atomic E-state index is 0.0106. The van der Waals surface area contributed by atoms with E-state index in [1.165, 1.54) is 6.07 Å². The van der Waals surface area contributed by atoms with Crippen LogP contribution in [0.25, 0.3) is 5.69 Å². The van der Waals surface area contributed by atoms with E-state index in [2.05, 4.69) is 10.1 Å². The third-order valence-corrected chi connectivity index (χ3v) is 3.92. The van der Waals surface area contributed by atoms with Crippen molar-refractivity contribution in [2.24, 2.45) is 0 Å². The smallest absolute Gasteiger partial charge is 0.220 e. The molecule has 0 spiro atoms. The molecule has 5 nitrogen and oxygen atoms in total. The number of alkyl halides is 3. The number of nitrogens with zero attached hydrogens (tertiary/aromatic N) is 3. The first-order chi connectivity index (χ1) is 10.0. The highest BCUT2D eigenvalue weighted by Gasteiger charge is 2.36. The first-order valence-electron chi connectivity index (χ1n) is 6.11. The second kappa shape index (κ2) is 5.34. The first-order valence-corrected chi connectivity index (χ1v) is 7.49. The summed E-state index contributed by atoms with van der Waals surface area (Å²) in [5.74, 6) is -1.36. The van der Waals surface area contributed by atoms with Crippen molar-refractivity contribution in [3.63, 3.8) is 0 Å². The van der Waals surface area contributed by atoms with Gasteiger partial charge in [0.15, 0.2) is 0 Å². The van der Waals surface area contributed by atoms with Gasteiger partial charge in [0.05, 0.1) is 5.69 Å². The standard InChI is InChI=1S/C12H11F4N3O2S/c1-3-8-4-7(2)9(5-10(8)22(16,20)21)19-6-17-11(18-19)12(13,14)15/h4-6H,3H2,1-2H3. The molecule has 0 fully saturated rings. The van der Waals surface area contributed by atoms with Gasteiger partial charge in [-0.3, -0.25) is 0 Å². The molecule has 22 heavy (non-hydrogen) atoms. The van der Waals surface area contributed by atoms with E-state index in [-0.39, 0.29) is 17.7 Å². The Morgan fingerprint density at radius 2 is 1.91 bits per heavy atom. The highest BCUT2D eigenvalue weighted by Crippen LogP contribution is 2.28. The van der Waals surface area contributed by atoms with Crippen LogP contribution in [0, 0.1) is 6.92 Å². The highest BCUT2D eigenvalue weighted by molar-refractivity contribution is 7.86. The first kappa shape index (κ1) is 16.4. The second-order valence-electron chi connectivity index (χ2n) is 4.55. The van der Waals surface area contributed by atoms with Crippen molar-refractivity contribution >= 4 is 10.2 Å². The Bertz CT molecular complexity index is 812. The molecule has 0 bridgehead atoms. The van der Waals surface area contributed by atoms with Crippen LogP contribution in [0.1, 0.15) is 23.9 Å². The number of hydrogen-bond acceptors (Lipinski definition) is 4. The van der Waals surface area contributed by atoms with E-state index in [0.29, 0.717) is 5.56 Å². The van der Waals surface area contributed by atoms with Crippen molar-refractivity contribution in [2.75, 3.05) is 0 Å². The summed E-state index contributed by atoms with van der Waals surface area (Å²) in [6.07, 6.45) is -3.67. The molecular formula is C12H11F4N3O2S. The normalized spacial score (nSPS) is 12.6. The Morgan fingerprint density at radius 1 is 1.27 bits per heavy atom. The molecule has 1 aromatic heterocycles. The van der Waals surface area contributed by atoms with Crippen LogP contribution in [0.2, 0.25) is 0 Å². The zero-order chi connectivity index (χ0) is 16.7. The Hall–Kier alpha value is -1.97. The van der Waals surface area contributed by atoms with E-state index < -0.39 is 27.1 Å². The molecule has 0 N–H and O–H groups in total. The van der Waals surface area contributed by atoms with Crippen LogP contribution in [0.15, 0.2) is 23.4 Å². The van der Waals surface area contributed by atoms with Crippen LogP contribution in [-0.4, -0.2) is 23.2 Å². The molecule has 0 aliphatic rings. The zero-order valence-corrected chi connectivity index (χ0v) is 12.3. The lowest BCUT2D eigenvalue weighted by molar-refractivity contribution is -0.144. The van der Waals surface area contributed by atoms with Gasteiger partial charge in [-0.15, -0.1) is 8.98 Å². The fraction of sp³-hybridized carbons (Fsp3) is 0.333. The summed E-state index contributed by atoms with van der Waals surface area (Å²) in [5, 5.41) is 3.25. The molecule has 0 unspecified atom stereocenters. The van der Waals surface area contributed by atoms with Crippen molar-refractivity contribution < 1.29 is 25.5 Å². The molecule has 0 aliphatic carbocycles. The van der Waals surface area contributed by atoms with Crippen molar-refractivity contribution in [2.45, 2.75) is 31.3 Å². The average molecular weight is 337 g/mol. The summed E-state index contributed by atoms with van der Waals surface area (Å²) >= 11 is 0. The van der Waals surface area contributed by atoms with Crippen molar-refractivity contribution in [3.8, 4) is 5.69 Å². The highest BCUT2D eigenvalue weighted by atomic mass is 32.3. The molecule has 10 heteroatoms. The molecule has 2 rings (SSSR count). The Kier molecular flexibility index (Phi) is 3.98. The van der Waals surface area contributed by atoms with E-state index in [1.54, 1.807) is 13.8 Å². The van der Waals surface area contributed by atoms with Crippen LogP contribution in [0.4, 0.5) is 17.1 Å². The maximum Gasteiger partial charge on any atom is 0.453 e. The lowest BCUT2D eigenvalue weighted by atomic mass is 10.1. The van der Waals surface area contributed by atoms with Gasteiger partial charge < -0.3 is 0 Å². The maximum absolute atomic E-state index is 13.3. The average Bonchev–Trinajstić information content (AvgIpc) is 2.86. The third-order valence-electron chi connectivity index (χ3n) is 3.01. The van der Waals surface area contributed by atoms with Gasteiger partial charge in [-0.1, -0.05) is 13.0 Å². The van der Waals surface area contributed by atoms with Crippen molar-refractivity contribution in [1.29, 1.82) is 0 Å². The lowest BCUT2D eigenvalue weighted by Crippen LogP contribution is -2.09. The van der Waals surface area contributed by atoms with Gasteiger partial charge in [-0.05, 0) is 30.5 Å². The fourth-order valence-electron chi connectivity index (χ4n) is 2.00. The molecule has 2 aromatic rings. The predicted molar refractivity (Wildman–Crippen MR) is 68.8 cm³/mol. The summed E-state index contributed by atoms with van der Waals surface area (Å²) < 4.78 is 74.0. The van der Waals surface area contributed by atoms with Crippen LogP contribution < -0.4 is 0 Å². The molecular weight excluding hydrogens is 326 g/mol. The van der Waals surface area contributed by atoms with Gasteiger partial charge in [-0.25, -0.2) is 9.67 Å². The molecule has 0 amide bonds. The van der Waals surface area contributed by atoms with Gasteiger partial charge in [0.2, 0.25) is 0 Å². The summed E-state index contributed by atoms with van der Waals surface area (Å²) in [6, 6.07) is 2.36. The lowest BCUT2D eigenvalue weighted by Gasteiger charge is -2.11. The number of aromatic nitrogens is 3. The summed E-state index contributed by atoms with van der Waals surface area (Å²) in [6.45, 7) is 3.19. The van der Waals surface area contributed by atoms with E-state index >= 15 is 0 Å². The van der Waals surface area contributed by atoms with Gasteiger partial charge in [-0.2, -0.15) is 21.6 Å². The molecule has 1 heterocycles.